The van der Waals surface area contributed by atoms with E-state index in [1.165, 1.54) is 0 Å². The van der Waals surface area contributed by atoms with E-state index >= 15 is 0 Å². The van der Waals surface area contributed by atoms with Crippen molar-refractivity contribution in [2.75, 3.05) is 23.7 Å². The lowest BCUT2D eigenvalue weighted by atomic mass is 10.2. The van der Waals surface area contributed by atoms with Crippen LogP contribution in [0.1, 0.15) is 19.5 Å². The van der Waals surface area contributed by atoms with Crippen LogP contribution in [0.5, 0.6) is 0 Å². The molecule has 0 bridgehead atoms. The van der Waals surface area contributed by atoms with Crippen LogP contribution in [0, 0.1) is 11.3 Å². The maximum atomic E-state index is 8.93. The molecular weight excluding hydrogens is 232 g/mol. The molecule has 1 aromatic rings. The first kappa shape index (κ1) is 12.1. The molecule has 1 fully saturated rings. The van der Waals surface area contributed by atoms with Gasteiger partial charge in [-0.15, -0.1) is 0 Å². The third-order valence-electron chi connectivity index (χ3n) is 2.76. The van der Waals surface area contributed by atoms with Crippen molar-refractivity contribution in [2.45, 2.75) is 24.3 Å². The lowest BCUT2D eigenvalue weighted by molar-refractivity contribution is 0.718. The number of nitrogens with two attached hydrogens (primary N) is 1. The summed E-state index contributed by atoms with van der Waals surface area (Å²) in [5, 5.41) is 10.1. The van der Waals surface area contributed by atoms with Gasteiger partial charge in [-0.25, -0.2) is 4.98 Å². The van der Waals surface area contributed by atoms with Gasteiger partial charge >= 0.3 is 0 Å². The molecule has 2 unspecified atom stereocenters. The number of aromatic nitrogens is 1. The topological polar surface area (TPSA) is 65.9 Å². The molecule has 0 radical (unpaired) electrons. The van der Waals surface area contributed by atoms with Gasteiger partial charge in [-0.3, -0.25) is 0 Å². The van der Waals surface area contributed by atoms with Gasteiger partial charge in [0.2, 0.25) is 0 Å². The molecule has 2 N–H and O–H groups in total. The highest BCUT2D eigenvalue weighted by atomic mass is 32.2. The smallest absolute Gasteiger partial charge is 0.165 e. The summed E-state index contributed by atoms with van der Waals surface area (Å²) < 4.78 is 0. The van der Waals surface area contributed by atoms with Gasteiger partial charge in [0.15, 0.2) is 5.69 Å². The molecule has 2 heterocycles. The third-order valence-corrected chi connectivity index (χ3v) is 3.99. The van der Waals surface area contributed by atoms with Crippen LogP contribution in [-0.2, 0) is 0 Å². The second-order valence-electron chi connectivity index (χ2n) is 4.38. The summed E-state index contributed by atoms with van der Waals surface area (Å²) in [6.45, 7) is 6.37. The predicted octanol–water partition coefficient (Wildman–Crippen LogP) is 1.87. The van der Waals surface area contributed by atoms with Gasteiger partial charge in [-0.05, 0) is 12.1 Å². The Balaban J connectivity index is 2.25. The van der Waals surface area contributed by atoms with Crippen LogP contribution in [0.2, 0.25) is 0 Å². The molecular formula is C12H16N4S. The molecule has 17 heavy (non-hydrogen) atoms. The van der Waals surface area contributed by atoms with E-state index in [4.69, 9.17) is 11.0 Å². The zero-order valence-corrected chi connectivity index (χ0v) is 10.9. The number of nitriles is 1. The molecule has 0 spiro atoms. The van der Waals surface area contributed by atoms with E-state index in [1.54, 1.807) is 6.07 Å². The molecule has 1 aromatic heterocycles. The number of nitrogens with zero attached hydrogens (tertiary/aromatic N) is 3. The molecule has 90 valence electrons. The fourth-order valence-electron chi connectivity index (χ4n) is 2.09. The highest BCUT2D eigenvalue weighted by Gasteiger charge is 2.23. The molecule has 5 heteroatoms. The van der Waals surface area contributed by atoms with Crippen molar-refractivity contribution < 1.29 is 0 Å². The first-order valence-corrected chi connectivity index (χ1v) is 6.61. The lowest BCUT2D eigenvalue weighted by Crippen LogP contribution is -2.40. The van der Waals surface area contributed by atoms with Crippen LogP contribution in [-0.4, -0.2) is 28.6 Å². The van der Waals surface area contributed by atoms with Gasteiger partial charge in [-0.1, -0.05) is 13.8 Å². The number of thioether (sulfide) groups is 1. The van der Waals surface area contributed by atoms with Gasteiger partial charge in [-0.2, -0.15) is 17.0 Å². The minimum absolute atomic E-state index is 0.320. The average Bonchev–Trinajstić information content (AvgIpc) is 2.28. The van der Waals surface area contributed by atoms with E-state index in [1.807, 2.05) is 23.9 Å². The lowest BCUT2D eigenvalue weighted by Gasteiger charge is -2.35. The molecule has 0 saturated carbocycles. The second kappa shape index (κ2) is 4.84. The van der Waals surface area contributed by atoms with Crippen LogP contribution in [0.25, 0.3) is 0 Å². The molecule has 1 saturated heterocycles. The Kier molecular flexibility index (Phi) is 3.43. The number of hydrogen-bond acceptors (Lipinski definition) is 5. The molecule has 2 rings (SSSR count). The number of pyridine rings is 1. The van der Waals surface area contributed by atoms with Gasteiger partial charge in [0.25, 0.3) is 0 Å². The maximum absolute atomic E-state index is 8.93. The fourth-order valence-corrected chi connectivity index (χ4v) is 3.42. The fraction of sp³-hybridized carbons (Fsp3) is 0.500. The summed E-state index contributed by atoms with van der Waals surface area (Å²) in [7, 11) is 0. The van der Waals surface area contributed by atoms with Crippen molar-refractivity contribution >= 4 is 23.3 Å². The molecule has 2 atom stereocenters. The van der Waals surface area contributed by atoms with Crippen LogP contribution < -0.4 is 10.6 Å². The number of hydrogen-bond donors (Lipinski definition) is 1. The summed E-state index contributed by atoms with van der Waals surface area (Å²) >= 11 is 1.99. The average molecular weight is 248 g/mol. The monoisotopic (exact) mass is 248 g/mol. The standard InChI is InChI=1S/C12H16N4S/c1-8-6-16(7-9(2)17-8)12-4-3-10(14)11(5-13)15-12/h3-4,8-9H,6-7,14H2,1-2H3. The van der Waals surface area contributed by atoms with Crippen LogP contribution in [0.4, 0.5) is 11.5 Å². The highest BCUT2D eigenvalue weighted by molar-refractivity contribution is 8.00. The Morgan fingerprint density at radius 3 is 2.65 bits per heavy atom. The normalized spacial score (nSPS) is 24.4. The van der Waals surface area contributed by atoms with E-state index < -0.39 is 0 Å². The van der Waals surface area contributed by atoms with Crippen molar-refractivity contribution in [3.05, 3.63) is 17.8 Å². The van der Waals surface area contributed by atoms with Gasteiger partial charge < -0.3 is 10.6 Å². The third kappa shape index (κ3) is 2.64. The quantitative estimate of drug-likeness (QED) is 0.821. The molecule has 0 amide bonds. The Labute approximate surface area is 106 Å². The molecule has 4 nitrogen and oxygen atoms in total. The van der Waals surface area contributed by atoms with E-state index in [0.29, 0.717) is 21.9 Å². The summed E-state index contributed by atoms with van der Waals surface area (Å²) in [4.78, 5) is 6.54. The maximum Gasteiger partial charge on any atom is 0.165 e. The minimum atomic E-state index is 0.320. The van der Waals surface area contributed by atoms with Crippen molar-refractivity contribution in [3.63, 3.8) is 0 Å². The number of rotatable bonds is 1. The first-order valence-electron chi connectivity index (χ1n) is 5.67. The largest absolute Gasteiger partial charge is 0.396 e. The minimum Gasteiger partial charge on any atom is -0.396 e. The summed E-state index contributed by atoms with van der Waals surface area (Å²) in [5.74, 6) is 0.856. The van der Waals surface area contributed by atoms with Crippen LogP contribution in [0.3, 0.4) is 0 Å². The summed E-state index contributed by atoms with van der Waals surface area (Å²) in [5.41, 5.74) is 6.44. The Morgan fingerprint density at radius 2 is 2.06 bits per heavy atom. The van der Waals surface area contributed by atoms with E-state index in [2.05, 4.69) is 23.7 Å². The van der Waals surface area contributed by atoms with Gasteiger partial charge in [0, 0.05) is 23.6 Å². The van der Waals surface area contributed by atoms with Crippen molar-refractivity contribution in [2.24, 2.45) is 0 Å². The summed E-state index contributed by atoms with van der Waals surface area (Å²) in [6.07, 6.45) is 0. The van der Waals surface area contributed by atoms with Crippen molar-refractivity contribution in [1.82, 2.24) is 4.98 Å². The molecule has 1 aliphatic heterocycles. The number of anilines is 2. The molecule has 0 aromatic carbocycles. The van der Waals surface area contributed by atoms with Gasteiger partial charge in [0.05, 0.1) is 5.69 Å². The molecule has 0 aliphatic carbocycles. The van der Waals surface area contributed by atoms with Crippen LogP contribution in [0.15, 0.2) is 12.1 Å². The zero-order chi connectivity index (χ0) is 12.4. The van der Waals surface area contributed by atoms with Gasteiger partial charge in [0.1, 0.15) is 11.9 Å². The van der Waals surface area contributed by atoms with Crippen LogP contribution >= 0.6 is 11.8 Å². The molecule has 1 aliphatic rings. The highest BCUT2D eigenvalue weighted by Crippen LogP contribution is 2.28. The zero-order valence-electron chi connectivity index (χ0n) is 10.1. The van der Waals surface area contributed by atoms with Crippen molar-refractivity contribution in [1.29, 1.82) is 5.26 Å². The first-order chi connectivity index (χ1) is 8.10. The van der Waals surface area contributed by atoms with E-state index in [0.717, 1.165) is 18.9 Å². The predicted molar refractivity (Wildman–Crippen MR) is 72.1 cm³/mol. The second-order valence-corrected chi connectivity index (χ2v) is 6.26. The summed E-state index contributed by atoms with van der Waals surface area (Å²) in [6, 6.07) is 5.69. The Bertz CT molecular complexity index is 444. The Morgan fingerprint density at radius 1 is 1.41 bits per heavy atom. The van der Waals surface area contributed by atoms with E-state index in [-0.39, 0.29) is 0 Å². The Hall–Kier alpha value is -1.41. The number of nitrogen functional groups attached to an aromatic ring is 1. The van der Waals surface area contributed by atoms with E-state index in [9.17, 15) is 0 Å². The van der Waals surface area contributed by atoms with Crippen molar-refractivity contribution in [3.8, 4) is 6.07 Å². The SMILES string of the molecule is CC1CN(c2ccc(N)c(C#N)n2)CC(C)S1.